The van der Waals surface area contributed by atoms with Gasteiger partial charge in [-0.15, -0.1) is 0 Å². The third-order valence-corrected chi connectivity index (χ3v) is 3.31. The first-order valence-electron chi connectivity index (χ1n) is 5.98. The summed E-state index contributed by atoms with van der Waals surface area (Å²) in [6, 6.07) is 6.07. The van der Waals surface area contributed by atoms with Crippen molar-refractivity contribution in [3.05, 3.63) is 18.2 Å². The average Bonchev–Trinajstić information content (AvgIpc) is 2.85. The number of ether oxygens (including phenoxy) is 2. The van der Waals surface area contributed by atoms with Gasteiger partial charge in [-0.2, -0.15) is 0 Å². The number of anilines is 2. The van der Waals surface area contributed by atoms with Crippen LogP contribution in [-0.2, 0) is 4.74 Å². The van der Waals surface area contributed by atoms with Crippen LogP contribution in [-0.4, -0.2) is 26.4 Å². The summed E-state index contributed by atoms with van der Waals surface area (Å²) >= 11 is 0. The van der Waals surface area contributed by atoms with Crippen LogP contribution in [0.25, 0.3) is 0 Å². The molecule has 0 radical (unpaired) electrons. The van der Waals surface area contributed by atoms with E-state index in [9.17, 15) is 0 Å². The average molecular weight is 236 g/mol. The van der Waals surface area contributed by atoms with Crippen molar-refractivity contribution in [3.63, 3.8) is 0 Å². The Kier molecular flexibility index (Phi) is 3.74. The van der Waals surface area contributed by atoms with E-state index in [2.05, 4.69) is 12.2 Å². The van der Waals surface area contributed by atoms with E-state index in [-0.39, 0.29) is 0 Å². The highest BCUT2D eigenvalue weighted by Gasteiger charge is 2.22. The normalized spacial score (nSPS) is 21.2. The SMILES string of the molecule is COc1ccc(NC(C)C2CCOC2)c(N)c1. The summed E-state index contributed by atoms with van der Waals surface area (Å²) in [5.41, 5.74) is 7.65. The molecule has 1 aliphatic rings. The lowest BCUT2D eigenvalue weighted by atomic mass is 10.0. The zero-order chi connectivity index (χ0) is 12.3. The second kappa shape index (κ2) is 5.27. The van der Waals surface area contributed by atoms with Gasteiger partial charge in [-0.25, -0.2) is 0 Å². The lowest BCUT2D eigenvalue weighted by Crippen LogP contribution is -2.26. The minimum Gasteiger partial charge on any atom is -0.497 e. The lowest BCUT2D eigenvalue weighted by molar-refractivity contribution is 0.183. The molecule has 3 N–H and O–H groups in total. The fourth-order valence-electron chi connectivity index (χ4n) is 2.11. The molecule has 2 atom stereocenters. The molecule has 94 valence electrons. The molecule has 2 rings (SSSR count). The van der Waals surface area contributed by atoms with Gasteiger partial charge >= 0.3 is 0 Å². The highest BCUT2D eigenvalue weighted by atomic mass is 16.5. The Bertz CT molecular complexity index is 376. The molecule has 4 heteroatoms. The Morgan fingerprint density at radius 3 is 2.94 bits per heavy atom. The Morgan fingerprint density at radius 1 is 1.53 bits per heavy atom. The second-order valence-electron chi connectivity index (χ2n) is 4.51. The van der Waals surface area contributed by atoms with Crippen molar-refractivity contribution in [2.75, 3.05) is 31.4 Å². The summed E-state index contributed by atoms with van der Waals surface area (Å²) in [6.45, 7) is 3.88. The van der Waals surface area contributed by atoms with Crippen LogP contribution >= 0.6 is 0 Å². The maximum atomic E-state index is 5.97. The quantitative estimate of drug-likeness (QED) is 0.786. The number of nitrogens with one attached hydrogen (secondary N) is 1. The van der Waals surface area contributed by atoms with Gasteiger partial charge in [0.15, 0.2) is 0 Å². The molecular formula is C13H20N2O2. The Hall–Kier alpha value is -1.42. The zero-order valence-electron chi connectivity index (χ0n) is 10.4. The standard InChI is InChI=1S/C13H20N2O2/c1-9(10-5-6-17-8-10)15-13-4-3-11(16-2)7-12(13)14/h3-4,7,9-10,15H,5-6,8,14H2,1-2H3. The van der Waals surface area contributed by atoms with Gasteiger partial charge in [0.1, 0.15) is 5.75 Å². The van der Waals surface area contributed by atoms with E-state index in [0.717, 1.165) is 36.8 Å². The van der Waals surface area contributed by atoms with Gasteiger partial charge in [0.25, 0.3) is 0 Å². The third kappa shape index (κ3) is 2.82. The molecule has 1 aromatic carbocycles. The first kappa shape index (κ1) is 12.0. The van der Waals surface area contributed by atoms with Crippen LogP contribution in [0.15, 0.2) is 18.2 Å². The van der Waals surface area contributed by atoms with Gasteiger partial charge in [0, 0.05) is 24.6 Å². The molecule has 0 aliphatic carbocycles. The Labute approximate surface area is 102 Å². The van der Waals surface area contributed by atoms with Crippen molar-refractivity contribution in [3.8, 4) is 5.75 Å². The molecule has 1 aliphatic heterocycles. The molecule has 4 nitrogen and oxygen atoms in total. The number of rotatable bonds is 4. The topological polar surface area (TPSA) is 56.5 Å². The zero-order valence-corrected chi connectivity index (χ0v) is 10.4. The summed E-state index contributed by atoms with van der Waals surface area (Å²) in [6.07, 6.45) is 1.12. The Morgan fingerprint density at radius 2 is 2.35 bits per heavy atom. The van der Waals surface area contributed by atoms with Gasteiger partial charge < -0.3 is 20.5 Å². The summed E-state index contributed by atoms with van der Waals surface area (Å²) < 4.78 is 10.5. The molecule has 17 heavy (non-hydrogen) atoms. The minimum absolute atomic E-state index is 0.369. The Balaban J connectivity index is 2.02. The summed E-state index contributed by atoms with van der Waals surface area (Å²) in [7, 11) is 1.64. The summed E-state index contributed by atoms with van der Waals surface area (Å²) in [5, 5.41) is 3.44. The van der Waals surface area contributed by atoms with Crippen molar-refractivity contribution in [2.24, 2.45) is 5.92 Å². The van der Waals surface area contributed by atoms with Gasteiger partial charge in [-0.1, -0.05) is 0 Å². The fourth-order valence-corrected chi connectivity index (χ4v) is 2.11. The fraction of sp³-hybridized carbons (Fsp3) is 0.538. The molecule has 0 spiro atoms. The molecular weight excluding hydrogens is 216 g/mol. The van der Waals surface area contributed by atoms with Crippen molar-refractivity contribution < 1.29 is 9.47 Å². The highest BCUT2D eigenvalue weighted by molar-refractivity contribution is 5.68. The van der Waals surface area contributed by atoms with E-state index in [0.29, 0.717) is 12.0 Å². The van der Waals surface area contributed by atoms with Crippen molar-refractivity contribution in [1.82, 2.24) is 0 Å². The second-order valence-corrected chi connectivity index (χ2v) is 4.51. The van der Waals surface area contributed by atoms with E-state index < -0.39 is 0 Å². The van der Waals surface area contributed by atoms with Gasteiger partial charge in [0.05, 0.1) is 25.1 Å². The molecule has 0 bridgehead atoms. The molecule has 0 saturated carbocycles. The number of hydrogen-bond donors (Lipinski definition) is 2. The highest BCUT2D eigenvalue weighted by Crippen LogP contribution is 2.27. The van der Waals surface area contributed by atoms with Crippen LogP contribution in [0.3, 0.4) is 0 Å². The monoisotopic (exact) mass is 236 g/mol. The molecule has 0 amide bonds. The van der Waals surface area contributed by atoms with Crippen LogP contribution < -0.4 is 15.8 Å². The molecule has 1 saturated heterocycles. The first-order valence-corrected chi connectivity index (χ1v) is 5.98. The molecule has 1 heterocycles. The van der Waals surface area contributed by atoms with E-state index in [4.69, 9.17) is 15.2 Å². The van der Waals surface area contributed by atoms with Crippen LogP contribution in [0.4, 0.5) is 11.4 Å². The number of hydrogen-bond acceptors (Lipinski definition) is 4. The maximum Gasteiger partial charge on any atom is 0.121 e. The lowest BCUT2D eigenvalue weighted by Gasteiger charge is -2.21. The smallest absolute Gasteiger partial charge is 0.121 e. The van der Waals surface area contributed by atoms with Gasteiger partial charge in [-0.3, -0.25) is 0 Å². The molecule has 1 aromatic rings. The minimum atomic E-state index is 0.369. The third-order valence-electron chi connectivity index (χ3n) is 3.31. The summed E-state index contributed by atoms with van der Waals surface area (Å²) in [4.78, 5) is 0. The largest absolute Gasteiger partial charge is 0.497 e. The number of nitrogen functional groups attached to an aromatic ring is 1. The number of nitrogens with two attached hydrogens (primary N) is 1. The van der Waals surface area contributed by atoms with E-state index in [1.54, 1.807) is 7.11 Å². The van der Waals surface area contributed by atoms with Crippen LogP contribution in [0, 0.1) is 5.92 Å². The number of methoxy groups -OCH3 is 1. The maximum absolute atomic E-state index is 5.97. The predicted molar refractivity (Wildman–Crippen MR) is 69.4 cm³/mol. The van der Waals surface area contributed by atoms with Crippen LogP contribution in [0.1, 0.15) is 13.3 Å². The number of benzene rings is 1. The van der Waals surface area contributed by atoms with E-state index in [1.807, 2.05) is 18.2 Å². The van der Waals surface area contributed by atoms with Crippen molar-refractivity contribution in [1.29, 1.82) is 0 Å². The van der Waals surface area contributed by atoms with Crippen molar-refractivity contribution >= 4 is 11.4 Å². The summed E-state index contributed by atoms with van der Waals surface area (Å²) in [5.74, 6) is 1.35. The van der Waals surface area contributed by atoms with Crippen molar-refractivity contribution in [2.45, 2.75) is 19.4 Å². The first-order chi connectivity index (χ1) is 8.20. The molecule has 2 unspecified atom stereocenters. The van der Waals surface area contributed by atoms with Gasteiger partial charge in [0.2, 0.25) is 0 Å². The van der Waals surface area contributed by atoms with Crippen LogP contribution in [0.5, 0.6) is 5.75 Å². The predicted octanol–water partition coefficient (Wildman–Crippen LogP) is 2.11. The van der Waals surface area contributed by atoms with E-state index in [1.165, 1.54) is 0 Å². The molecule has 0 aromatic heterocycles. The van der Waals surface area contributed by atoms with Crippen LogP contribution in [0.2, 0.25) is 0 Å². The van der Waals surface area contributed by atoms with E-state index >= 15 is 0 Å². The molecule has 1 fully saturated rings. The van der Waals surface area contributed by atoms with Gasteiger partial charge in [-0.05, 0) is 25.5 Å².